The van der Waals surface area contributed by atoms with Crippen LogP contribution < -0.4 is 10.5 Å². The van der Waals surface area contributed by atoms with Gasteiger partial charge in [-0.3, -0.25) is 9.69 Å². The van der Waals surface area contributed by atoms with E-state index in [1.807, 2.05) is 20.8 Å². The molecule has 0 aliphatic carbocycles. The lowest BCUT2D eigenvalue weighted by Crippen LogP contribution is -2.49. The zero-order chi connectivity index (χ0) is 14.8. The van der Waals surface area contributed by atoms with Crippen molar-refractivity contribution in [3.05, 3.63) is 22.7 Å². The van der Waals surface area contributed by atoms with Crippen molar-refractivity contribution in [2.45, 2.75) is 26.3 Å². The van der Waals surface area contributed by atoms with Crippen LogP contribution in [0.15, 0.2) is 17.2 Å². The zero-order valence-corrected chi connectivity index (χ0v) is 13.2. The van der Waals surface area contributed by atoms with E-state index in [4.69, 9.17) is 11.6 Å². The van der Waals surface area contributed by atoms with Crippen LogP contribution in [0.3, 0.4) is 0 Å². The molecule has 20 heavy (non-hydrogen) atoms. The van der Waals surface area contributed by atoms with E-state index in [0.29, 0.717) is 11.7 Å². The van der Waals surface area contributed by atoms with Crippen LogP contribution in [0.4, 0.5) is 5.82 Å². The fourth-order valence-corrected chi connectivity index (χ4v) is 2.69. The maximum atomic E-state index is 12.5. The predicted octanol–water partition coefficient (Wildman–Crippen LogP) is 1.36. The first-order valence-corrected chi connectivity index (χ1v) is 7.58. The number of halogens is 1. The van der Waals surface area contributed by atoms with Gasteiger partial charge in [-0.2, -0.15) is 0 Å². The molecule has 1 aromatic rings. The SMILES string of the molecule is CC(C)(C)n1ccnc(N2CCN(CCCl)CC2)c1=O. The smallest absolute Gasteiger partial charge is 0.293 e. The van der Waals surface area contributed by atoms with Crippen molar-refractivity contribution < 1.29 is 0 Å². The van der Waals surface area contributed by atoms with Gasteiger partial charge in [0.25, 0.3) is 5.56 Å². The predicted molar refractivity (Wildman–Crippen MR) is 82.9 cm³/mol. The summed E-state index contributed by atoms with van der Waals surface area (Å²) in [5, 5.41) is 0. The number of nitrogens with zero attached hydrogens (tertiary/aromatic N) is 4. The number of rotatable bonds is 3. The van der Waals surface area contributed by atoms with Crippen LogP contribution in [0.2, 0.25) is 0 Å². The Morgan fingerprint density at radius 1 is 1.25 bits per heavy atom. The highest BCUT2D eigenvalue weighted by atomic mass is 35.5. The molecule has 1 aliphatic rings. The quantitative estimate of drug-likeness (QED) is 0.790. The molecule has 2 heterocycles. The Bertz CT molecular complexity index is 501. The second kappa shape index (κ2) is 6.14. The Morgan fingerprint density at radius 3 is 2.45 bits per heavy atom. The van der Waals surface area contributed by atoms with Gasteiger partial charge >= 0.3 is 0 Å². The number of anilines is 1. The van der Waals surface area contributed by atoms with Gasteiger partial charge in [0.15, 0.2) is 5.82 Å². The van der Waals surface area contributed by atoms with Crippen molar-refractivity contribution >= 4 is 17.4 Å². The first-order chi connectivity index (χ1) is 9.43. The van der Waals surface area contributed by atoms with Crippen molar-refractivity contribution in [3.63, 3.8) is 0 Å². The minimum absolute atomic E-state index is 0.00852. The number of aromatic nitrogens is 2. The molecule has 0 aromatic carbocycles. The lowest BCUT2D eigenvalue weighted by atomic mass is 10.1. The van der Waals surface area contributed by atoms with Crippen LogP contribution in [0.25, 0.3) is 0 Å². The Labute approximate surface area is 125 Å². The van der Waals surface area contributed by atoms with E-state index < -0.39 is 0 Å². The van der Waals surface area contributed by atoms with E-state index in [-0.39, 0.29) is 11.1 Å². The van der Waals surface area contributed by atoms with Gasteiger partial charge in [-0.15, -0.1) is 11.6 Å². The zero-order valence-electron chi connectivity index (χ0n) is 12.5. The maximum absolute atomic E-state index is 12.5. The average molecular weight is 299 g/mol. The Morgan fingerprint density at radius 2 is 1.90 bits per heavy atom. The summed E-state index contributed by atoms with van der Waals surface area (Å²) in [4.78, 5) is 21.2. The van der Waals surface area contributed by atoms with Gasteiger partial charge in [0.05, 0.1) is 0 Å². The summed E-state index contributed by atoms with van der Waals surface area (Å²) < 4.78 is 1.75. The van der Waals surface area contributed by atoms with Crippen LogP contribution in [0.5, 0.6) is 0 Å². The van der Waals surface area contributed by atoms with Crippen LogP contribution in [-0.4, -0.2) is 53.1 Å². The van der Waals surface area contributed by atoms with Gasteiger partial charge in [-0.25, -0.2) is 4.98 Å². The summed E-state index contributed by atoms with van der Waals surface area (Å²) in [6, 6.07) is 0. The molecule has 0 bridgehead atoms. The third-order valence-corrected chi connectivity index (χ3v) is 3.79. The molecule has 6 heteroatoms. The van der Waals surface area contributed by atoms with E-state index in [1.54, 1.807) is 17.0 Å². The van der Waals surface area contributed by atoms with Gasteiger partial charge in [-0.1, -0.05) is 0 Å². The molecule has 5 nitrogen and oxygen atoms in total. The molecule has 0 unspecified atom stereocenters. The average Bonchev–Trinajstić information content (AvgIpc) is 2.39. The number of piperazine rings is 1. The third-order valence-electron chi connectivity index (χ3n) is 3.62. The summed E-state index contributed by atoms with van der Waals surface area (Å²) in [5.41, 5.74) is -0.235. The van der Waals surface area contributed by atoms with E-state index in [2.05, 4.69) is 14.8 Å². The molecule has 0 N–H and O–H groups in total. The molecule has 0 radical (unpaired) electrons. The molecule has 1 saturated heterocycles. The minimum atomic E-state index is -0.227. The normalized spacial score (nSPS) is 17.5. The first-order valence-electron chi connectivity index (χ1n) is 7.05. The maximum Gasteiger partial charge on any atom is 0.293 e. The van der Waals surface area contributed by atoms with E-state index in [0.717, 1.165) is 32.7 Å². The fraction of sp³-hybridized carbons (Fsp3) is 0.714. The van der Waals surface area contributed by atoms with E-state index in [9.17, 15) is 4.79 Å². The molecule has 1 aliphatic heterocycles. The Hall–Kier alpha value is -1.07. The van der Waals surface area contributed by atoms with E-state index >= 15 is 0 Å². The van der Waals surface area contributed by atoms with Gasteiger partial charge in [0, 0.05) is 56.5 Å². The highest BCUT2D eigenvalue weighted by Crippen LogP contribution is 2.13. The molecule has 112 valence electrons. The lowest BCUT2D eigenvalue weighted by Gasteiger charge is -2.35. The molecule has 2 rings (SSSR count). The molecule has 0 atom stereocenters. The summed E-state index contributed by atoms with van der Waals surface area (Å²) in [6.07, 6.45) is 3.47. The highest BCUT2D eigenvalue weighted by Gasteiger charge is 2.23. The van der Waals surface area contributed by atoms with Crippen LogP contribution in [0.1, 0.15) is 20.8 Å². The Kier molecular flexibility index (Phi) is 4.70. The topological polar surface area (TPSA) is 41.4 Å². The summed E-state index contributed by atoms with van der Waals surface area (Å²) in [5.74, 6) is 1.22. The molecule has 0 spiro atoms. The van der Waals surface area contributed by atoms with Crippen molar-refractivity contribution in [2.24, 2.45) is 0 Å². The second-order valence-electron chi connectivity index (χ2n) is 6.11. The van der Waals surface area contributed by atoms with Crippen LogP contribution in [0, 0.1) is 0 Å². The van der Waals surface area contributed by atoms with Gasteiger partial charge in [0.2, 0.25) is 0 Å². The van der Waals surface area contributed by atoms with Crippen molar-refractivity contribution in [1.82, 2.24) is 14.5 Å². The highest BCUT2D eigenvalue weighted by molar-refractivity contribution is 6.18. The molecule has 1 aromatic heterocycles. The Balaban J connectivity index is 2.17. The van der Waals surface area contributed by atoms with Crippen LogP contribution in [-0.2, 0) is 5.54 Å². The van der Waals surface area contributed by atoms with Crippen molar-refractivity contribution in [1.29, 1.82) is 0 Å². The van der Waals surface area contributed by atoms with Gasteiger partial charge in [0.1, 0.15) is 0 Å². The lowest BCUT2D eigenvalue weighted by molar-refractivity contribution is 0.271. The van der Waals surface area contributed by atoms with Crippen LogP contribution >= 0.6 is 11.6 Å². The fourth-order valence-electron chi connectivity index (χ4n) is 2.45. The monoisotopic (exact) mass is 298 g/mol. The van der Waals surface area contributed by atoms with Crippen molar-refractivity contribution in [3.8, 4) is 0 Å². The summed E-state index contributed by atoms with van der Waals surface area (Å²) >= 11 is 5.76. The van der Waals surface area contributed by atoms with Gasteiger partial charge < -0.3 is 9.47 Å². The molecular formula is C14H23ClN4O. The third kappa shape index (κ3) is 3.33. The summed E-state index contributed by atoms with van der Waals surface area (Å²) in [6.45, 7) is 10.5. The molecule has 0 amide bonds. The summed E-state index contributed by atoms with van der Waals surface area (Å²) in [7, 11) is 0. The molecule has 0 saturated carbocycles. The van der Waals surface area contributed by atoms with Crippen molar-refractivity contribution in [2.75, 3.05) is 43.5 Å². The van der Waals surface area contributed by atoms with Gasteiger partial charge in [-0.05, 0) is 20.8 Å². The first kappa shape index (κ1) is 15.3. The second-order valence-corrected chi connectivity index (χ2v) is 6.49. The number of hydrogen-bond donors (Lipinski definition) is 0. The molecule has 1 fully saturated rings. The largest absolute Gasteiger partial charge is 0.349 e. The standard InChI is InChI=1S/C14H23ClN4O/c1-14(2,3)19-7-5-16-12(13(19)20)18-10-8-17(6-4-15)9-11-18/h5,7H,4,6,8-11H2,1-3H3. The number of alkyl halides is 1. The van der Waals surface area contributed by atoms with E-state index in [1.165, 1.54) is 0 Å². The number of hydrogen-bond acceptors (Lipinski definition) is 4. The minimum Gasteiger partial charge on any atom is -0.349 e. The molecular weight excluding hydrogens is 276 g/mol.